The fourth-order valence-corrected chi connectivity index (χ4v) is 4.18. The predicted octanol–water partition coefficient (Wildman–Crippen LogP) is -1.55. The maximum atomic E-state index is 12.4. The summed E-state index contributed by atoms with van der Waals surface area (Å²) in [7, 11) is -2.91. The van der Waals surface area contributed by atoms with Crippen LogP contribution in [0.25, 0.3) is 0 Å². The molecule has 0 aliphatic carbocycles. The van der Waals surface area contributed by atoms with Crippen molar-refractivity contribution in [3.05, 3.63) is 32.6 Å². The van der Waals surface area contributed by atoms with Gasteiger partial charge in [-0.25, -0.2) is 4.79 Å². The lowest BCUT2D eigenvalue weighted by atomic mass is 10.0. The lowest BCUT2D eigenvalue weighted by Crippen LogP contribution is -2.46. The predicted molar refractivity (Wildman–Crippen MR) is 100 cm³/mol. The Bertz CT molecular complexity index is 1150. The van der Waals surface area contributed by atoms with Crippen LogP contribution in [-0.2, 0) is 28.1 Å². The Morgan fingerprint density at radius 3 is 2.79 bits per heavy atom. The van der Waals surface area contributed by atoms with Gasteiger partial charge >= 0.3 is 17.8 Å². The number of carbonyl (C=O) groups excluding carboxylic acids is 1. The molecule has 2 N–H and O–H groups in total. The van der Waals surface area contributed by atoms with Crippen molar-refractivity contribution in [3.8, 4) is 11.8 Å². The van der Waals surface area contributed by atoms with E-state index in [1.54, 1.807) is 0 Å². The molecule has 33 heavy (non-hydrogen) atoms. The third-order valence-corrected chi connectivity index (χ3v) is 5.34. The largest absolute Gasteiger partial charge is 0.779 e. The first-order valence-electron chi connectivity index (χ1n) is 9.22. The zero-order valence-electron chi connectivity index (χ0n) is 17.1. The van der Waals surface area contributed by atoms with E-state index in [1.165, 1.54) is 12.4 Å². The quantitative estimate of drug-likeness (QED) is 0.351. The molecule has 0 saturated carbocycles. The third-order valence-electron chi connectivity index (χ3n) is 4.73. The van der Waals surface area contributed by atoms with Crippen LogP contribution in [0.2, 0.25) is 0 Å². The van der Waals surface area contributed by atoms with Gasteiger partial charge in [0.25, 0.3) is 5.56 Å². The molecule has 1 aromatic rings. The molecule has 2 aliphatic heterocycles. The molecule has 5 atom stereocenters. The second kappa shape index (κ2) is 9.05. The molecule has 3 heterocycles. The number of hydrogen-bond donors (Lipinski definition) is 2. The first kappa shape index (κ1) is 25.2. The number of aromatic nitrogens is 2. The molecular formula is C17H18F3N3O9P-. The minimum atomic E-state index is -5.09. The van der Waals surface area contributed by atoms with Crippen LogP contribution in [0.5, 0.6) is 0 Å². The highest BCUT2D eigenvalue weighted by molar-refractivity contribution is 7.50. The van der Waals surface area contributed by atoms with E-state index in [0.717, 1.165) is 17.4 Å². The van der Waals surface area contributed by atoms with Crippen molar-refractivity contribution in [1.29, 1.82) is 0 Å². The second-order valence-corrected chi connectivity index (χ2v) is 9.02. The van der Waals surface area contributed by atoms with Gasteiger partial charge in [0.1, 0.15) is 31.0 Å². The van der Waals surface area contributed by atoms with Gasteiger partial charge in [-0.2, -0.15) is 13.2 Å². The number of fused-ring (bicyclic) bond motifs is 2. The first-order chi connectivity index (χ1) is 15.3. The zero-order chi connectivity index (χ0) is 24.6. The number of halogens is 3. The summed E-state index contributed by atoms with van der Waals surface area (Å²) in [5, 5.41) is 1.51. The van der Waals surface area contributed by atoms with E-state index in [1.807, 2.05) is 4.98 Å². The number of carbonyl (C=O) groups is 1. The summed E-state index contributed by atoms with van der Waals surface area (Å²) in [6.07, 6.45) is -7.57. The Balaban J connectivity index is 1.88. The summed E-state index contributed by atoms with van der Waals surface area (Å²) in [4.78, 5) is 48.9. The zero-order valence-corrected chi connectivity index (χ0v) is 18.0. The van der Waals surface area contributed by atoms with Gasteiger partial charge in [0.05, 0.1) is 19.8 Å². The van der Waals surface area contributed by atoms with Crippen LogP contribution in [0.1, 0.15) is 11.8 Å². The average molecular weight is 496 g/mol. The lowest BCUT2D eigenvalue weighted by molar-refractivity contribution is -0.208. The normalized spacial score (nSPS) is 28.1. The maximum absolute atomic E-state index is 12.4. The molecular weight excluding hydrogens is 478 g/mol. The molecule has 1 aromatic heterocycles. The molecule has 0 aromatic carbocycles. The standard InChI is InChI=1S/C17H19F3N3O9P/c1-29-7-16-8-30-10(11(16)32-33(2,27)28)13(31-16)23-6-9(12(24)22-15(23)26)4-3-5-21-14(25)17(18,19)20/h6,10-11,13H,5,7-8H2,1-2H3,(H,21,25)(H,27,28)(H,22,24,26)/p-1/t10?,11-,13+,16+/m0/s1. The molecule has 2 fully saturated rings. The summed E-state index contributed by atoms with van der Waals surface area (Å²) in [5.74, 6) is 2.22. The van der Waals surface area contributed by atoms with E-state index in [9.17, 15) is 37.0 Å². The molecule has 1 amide bonds. The Morgan fingerprint density at radius 2 is 2.18 bits per heavy atom. The molecule has 16 heteroatoms. The first-order valence-corrected chi connectivity index (χ1v) is 11.2. The van der Waals surface area contributed by atoms with Crippen LogP contribution >= 0.6 is 7.60 Å². The fourth-order valence-electron chi connectivity index (χ4n) is 3.45. The smallest absolute Gasteiger partial charge is 0.471 e. The van der Waals surface area contributed by atoms with Crippen molar-refractivity contribution in [2.24, 2.45) is 0 Å². The van der Waals surface area contributed by atoms with Crippen LogP contribution in [0.4, 0.5) is 13.2 Å². The van der Waals surface area contributed by atoms with E-state index in [2.05, 4.69) is 11.8 Å². The summed E-state index contributed by atoms with van der Waals surface area (Å²) in [6, 6.07) is 0. The number of alkyl halides is 3. The van der Waals surface area contributed by atoms with E-state index >= 15 is 0 Å². The molecule has 2 bridgehead atoms. The number of nitrogens with zero attached hydrogens (tertiary/aromatic N) is 1. The lowest BCUT2D eigenvalue weighted by Gasteiger charge is -2.32. The van der Waals surface area contributed by atoms with E-state index < -0.39 is 61.5 Å². The van der Waals surface area contributed by atoms with E-state index in [0.29, 0.717) is 0 Å². The van der Waals surface area contributed by atoms with Crippen LogP contribution in [0, 0.1) is 11.8 Å². The molecule has 0 spiro atoms. The Hall–Kier alpha value is -2.47. The molecule has 3 rings (SSSR count). The Kier molecular flexibility index (Phi) is 6.90. The SMILES string of the molecule is COC[C@]12COC([C@H](n3cc(C#CCNC(=O)C(F)(F)F)c(=O)[nH]c3=O)O1)[C@@H]2OP(C)(=O)[O-]. The highest BCUT2D eigenvalue weighted by atomic mass is 31.2. The molecule has 182 valence electrons. The van der Waals surface area contributed by atoms with E-state index in [4.69, 9.17) is 18.7 Å². The minimum Gasteiger partial charge on any atom is -0.779 e. The molecule has 2 aliphatic rings. The Morgan fingerprint density at radius 1 is 1.48 bits per heavy atom. The molecule has 2 saturated heterocycles. The van der Waals surface area contributed by atoms with Crippen LogP contribution < -0.4 is 21.5 Å². The van der Waals surface area contributed by atoms with Gasteiger partial charge < -0.3 is 33.5 Å². The van der Waals surface area contributed by atoms with Crippen LogP contribution in [-0.4, -0.2) is 73.0 Å². The fraction of sp³-hybridized carbons (Fsp3) is 0.588. The van der Waals surface area contributed by atoms with Gasteiger partial charge in [-0.05, 0) is 0 Å². The number of amides is 1. The van der Waals surface area contributed by atoms with Gasteiger partial charge in [-0.1, -0.05) is 11.8 Å². The number of ether oxygens (including phenoxy) is 3. The summed E-state index contributed by atoms with van der Waals surface area (Å²) < 4.78 is 70.9. The topological polar surface area (TPSA) is 161 Å². The van der Waals surface area contributed by atoms with E-state index in [-0.39, 0.29) is 18.8 Å². The van der Waals surface area contributed by atoms with Crippen molar-refractivity contribution >= 4 is 13.5 Å². The number of aromatic amines is 1. The van der Waals surface area contributed by atoms with Crippen molar-refractivity contribution in [2.45, 2.75) is 30.2 Å². The number of hydrogen-bond acceptors (Lipinski definition) is 9. The summed E-state index contributed by atoms with van der Waals surface area (Å²) in [6.45, 7) is -0.0763. The summed E-state index contributed by atoms with van der Waals surface area (Å²) in [5.41, 5.74) is -3.56. The summed E-state index contributed by atoms with van der Waals surface area (Å²) >= 11 is 0. The van der Waals surface area contributed by atoms with Crippen LogP contribution in [0.15, 0.2) is 15.8 Å². The molecule has 12 nitrogen and oxygen atoms in total. The Labute approximate surface area is 183 Å². The number of H-pyrrole nitrogens is 1. The number of rotatable bonds is 6. The van der Waals surface area contributed by atoms with Crippen molar-refractivity contribution in [3.63, 3.8) is 0 Å². The van der Waals surface area contributed by atoms with Crippen LogP contribution in [0.3, 0.4) is 0 Å². The molecule has 0 radical (unpaired) electrons. The minimum absolute atomic E-state index is 0.0870. The highest BCUT2D eigenvalue weighted by Crippen LogP contribution is 2.51. The maximum Gasteiger partial charge on any atom is 0.471 e. The van der Waals surface area contributed by atoms with Gasteiger partial charge in [-0.3, -0.25) is 19.1 Å². The average Bonchev–Trinajstić information content (AvgIpc) is 3.15. The second-order valence-electron chi connectivity index (χ2n) is 7.27. The number of methoxy groups -OCH3 is 1. The third kappa shape index (κ3) is 5.37. The van der Waals surface area contributed by atoms with Crippen molar-refractivity contribution < 1.29 is 46.2 Å². The van der Waals surface area contributed by atoms with Crippen molar-refractivity contribution in [1.82, 2.24) is 14.9 Å². The number of nitrogens with one attached hydrogen (secondary N) is 2. The monoisotopic (exact) mass is 496 g/mol. The van der Waals surface area contributed by atoms with Gasteiger partial charge in [0.2, 0.25) is 0 Å². The van der Waals surface area contributed by atoms with Crippen molar-refractivity contribution in [2.75, 3.05) is 33.5 Å². The van der Waals surface area contributed by atoms with Gasteiger partial charge in [0.15, 0.2) is 6.23 Å². The highest BCUT2D eigenvalue weighted by Gasteiger charge is 2.64. The molecule has 2 unspecified atom stereocenters. The van der Waals surface area contributed by atoms with Gasteiger partial charge in [-0.15, -0.1) is 0 Å². The van der Waals surface area contributed by atoms with Gasteiger partial charge in [0, 0.05) is 20.0 Å².